The van der Waals surface area contributed by atoms with E-state index in [-0.39, 0.29) is 37.5 Å². The Balaban J connectivity index is 4.47. The van der Waals surface area contributed by atoms with E-state index in [9.17, 15) is 14.4 Å². The Morgan fingerprint density at radius 3 is 0.901 bits per heavy atom. The van der Waals surface area contributed by atoms with Crippen LogP contribution in [0.2, 0.25) is 0 Å². The summed E-state index contributed by atoms with van der Waals surface area (Å²) in [5.41, 5.74) is 0. The zero-order valence-electron chi connectivity index (χ0n) is 46.7. The molecule has 408 valence electrons. The summed E-state index contributed by atoms with van der Waals surface area (Å²) in [6, 6.07) is 0. The van der Waals surface area contributed by atoms with Crippen molar-refractivity contribution in [2.45, 2.75) is 297 Å². The highest BCUT2D eigenvalue weighted by molar-refractivity contribution is 5.71. The molecule has 0 aromatic heterocycles. The van der Waals surface area contributed by atoms with Crippen LogP contribution in [0.4, 0.5) is 0 Å². The molecule has 0 spiro atoms. The van der Waals surface area contributed by atoms with Crippen LogP contribution in [0, 0.1) is 0 Å². The van der Waals surface area contributed by atoms with Crippen LogP contribution in [0.25, 0.3) is 0 Å². The Kier molecular flexibility index (Phi) is 56.3. The number of carbonyl (C=O) groups is 3. The second-order valence-electron chi connectivity index (χ2n) is 19.9. The molecule has 0 rings (SSSR count). The van der Waals surface area contributed by atoms with E-state index < -0.39 is 6.10 Å². The molecule has 0 aromatic rings. The van der Waals surface area contributed by atoms with E-state index in [2.05, 4.69) is 99.8 Å². The summed E-state index contributed by atoms with van der Waals surface area (Å²) in [7, 11) is 0. The quantitative estimate of drug-likeness (QED) is 0.0261. The van der Waals surface area contributed by atoms with Crippen molar-refractivity contribution in [3.63, 3.8) is 0 Å². The van der Waals surface area contributed by atoms with E-state index >= 15 is 0 Å². The van der Waals surface area contributed by atoms with Gasteiger partial charge >= 0.3 is 17.9 Å². The molecular weight excluding hydrogens is 877 g/mol. The molecule has 0 unspecified atom stereocenters. The van der Waals surface area contributed by atoms with Crippen LogP contribution in [-0.4, -0.2) is 37.2 Å². The summed E-state index contributed by atoms with van der Waals surface area (Å²) in [6.45, 7) is 6.54. The molecule has 0 saturated carbocycles. The first kappa shape index (κ1) is 67.6. The van der Waals surface area contributed by atoms with Gasteiger partial charge in [-0.1, -0.05) is 266 Å². The molecule has 0 radical (unpaired) electrons. The smallest absolute Gasteiger partial charge is 0.306 e. The van der Waals surface area contributed by atoms with Crippen molar-refractivity contribution >= 4 is 17.9 Å². The number of rotatable bonds is 54. The Hall–Kier alpha value is -3.41. The lowest BCUT2D eigenvalue weighted by Gasteiger charge is -2.18. The summed E-state index contributed by atoms with van der Waals surface area (Å²) in [5.74, 6) is -0.994. The molecule has 6 nitrogen and oxygen atoms in total. The van der Waals surface area contributed by atoms with Crippen LogP contribution >= 0.6 is 0 Å². The molecule has 0 aliphatic heterocycles. The van der Waals surface area contributed by atoms with Crippen LogP contribution in [0.1, 0.15) is 290 Å². The van der Waals surface area contributed by atoms with Crippen molar-refractivity contribution in [1.82, 2.24) is 0 Å². The van der Waals surface area contributed by atoms with Crippen LogP contribution in [-0.2, 0) is 28.6 Å². The molecular formula is C65H112O6. The minimum Gasteiger partial charge on any atom is -0.462 e. The molecule has 0 aromatic carbocycles. The fraction of sp³-hybridized carbons (Fsp3) is 0.738. The van der Waals surface area contributed by atoms with Crippen LogP contribution < -0.4 is 0 Å². The van der Waals surface area contributed by atoms with Crippen molar-refractivity contribution in [3.8, 4) is 0 Å². The van der Waals surface area contributed by atoms with E-state index in [0.717, 1.165) is 89.9 Å². The first-order valence-electron chi connectivity index (χ1n) is 30.1. The largest absolute Gasteiger partial charge is 0.462 e. The lowest BCUT2D eigenvalue weighted by atomic mass is 10.0. The number of hydrogen-bond acceptors (Lipinski definition) is 6. The first-order chi connectivity index (χ1) is 35.0. The molecule has 0 aliphatic rings. The molecule has 0 heterocycles. The van der Waals surface area contributed by atoms with E-state index in [4.69, 9.17) is 14.2 Å². The van der Waals surface area contributed by atoms with Gasteiger partial charge in [0.15, 0.2) is 6.10 Å². The molecule has 0 aliphatic carbocycles. The van der Waals surface area contributed by atoms with Crippen LogP contribution in [0.3, 0.4) is 0 Å². The zero-order valence-corrected chi connectivity index (χ0v) is 46.7. The molecule has 6 heteroatoms. The lowest BCUT2D eigenvalue weighted by molar-refractivity contribution is -0.166. The van der Waals surface area contributed by atoms with Crippen molar-refractivity contribution < 1.29 is 28.6 Å². The Morgan fingerprint density at radius 1 is 0.282 bits per heavy atom. The fourth-order valence-corrected chi connectivity index (χ4v) is 8.34. The van der Waals surface area contributed by atoms with Gasteiger partial charge in [0.1, 0.15) is 13.2 Å². The van der Waals surface area contributed by atoms with Gasteiger partial charge in [0.05, 0.1) is 0 Å². The highest BCUT2D eigenvalue weighted by Crippen LogP contribution is 2.16. The average Bonchev–Trinajstić information content (AvgIpc) is 3.37. The second-order valence-corrected chi connectivity index (χ2v) is 19.9. The number of ether oxygens (including phenoxy) is 3. The van der Waals surface area contributed by atoms with Crippen molar-refractivity contribution in [2.24, 2.45) is 0 Å². The monoisotopic (exact) mass is 989 g/mol. The standard InChI is InChI=1S/C65H112O6/c1-4-7-10-13-16-19-22-25-28-30-32-34-37-39-42-45-48-51-54-57-63(66)69-60-62(71-65(68)59-56-53-50-47-44-41-36-27-24-21-18-15-12-9-6-3)61-70-64(67)58-55-52-49-46-43-40-38-35-33-31-29-26-23-20-17-14-11-8-5-2/h16,18-19,21,25,27-28,32,34,36,39,42,48,51,62H,4-15,17,20,22-24,26,29-31,33,35,37-38,40-41,43-47,49-50,52-61H2,1-3H3/b19-16-,21-18-,28-25-,34-32-,36-27-,42-39-,51-48-/t62-/m1/s1. The van der Waals surface area contributed by atoms with Crippen molar-refractivity contribution in [2.75, 3.05) is 13.2 Å². The third-order valence-electron chi connectivity index (χ3n) is 12.9. The van der Waals surface area contributed by atoms with Crippen LogP contribution in [0.5, 0.6) is 0 Å². The highest BCUT2D eigenvalue weighted by Gasteiger charge is 2.19. The van der Waals surface area contributed by atoms with Gasteiger partial charge in [-0.15, -0.1) is 0 Å². The molecule has 71 heavy (non-hydrogen) atoms. The Bertz CT molecular complexity index is 1370. The number of carbonyl (C=O) groups excluding carboxylic acids is 3. The predicted molar refractivity (Wildman–Crippen MR) is 307 cm³/mol. The van der Waals surface area contributed by atoms with Crippen molar-refractivity contribution in [3.05, 3.63) is 85.1 Å². The van der Waals surface area contributed by atoms with Gasteiger partial charge in [0, 0.05) is 19.3 Å². The summed E-state index contributed by atoms with van der Waals surface area (Å²) >= 11 is 0. The molecule has 0 fully saturated rings. The van der Waals surface area contributed by atoms with Gasteiger partial charge in [0.25, 0.3) is 0 Å². The normalized spacial score (nSPS) is 12.7. The third-order valence-corrected chi connectivity index (χ3v) is 12.9. The van der Waals surface area contributed by atoms with Gasteiger partial charge in [-0.3, -0.25) is 14.4 Å². The average molecular weight is 990 g/mol. The molecule has 0 bridgehead atoms. The third kappa shape index (κ3) is 57.4. The Labute approximate surface area is 439 Å². The Morgan fingerprint density at radius 2 is 0.535 bits per heavy atom. The molecule has 0 N–H and O–H groups in total. The van der Waals surface area contributed by atoms with E-state index in [1.807, 2.05) is 6.08 Å². The minimum absolute atomic E-state index is 0.103. The van der Waals surface area contributed by atoms with Crippen molar-refractivity contribution in [1.29, 1.82) is 0 Å². The molecule has 0 amide bonds. The first-order valence-corrected chi connectivity index (χ1v) is 30.1. The number of esters is 3. The van der Waals surface area contributed by atoms with Gasteiger partial charge in [0.2, 0.25) is 0 Å². The summed E-state index contributed by atoms with van der Waals surface area (Å²) in [5, 5.41) is 0. The van der Waals surface area contributed by atoms with Gasteiger partial charge < -0.3 is 14.2 Å². The summed E-state index contributed by atoms with van der Waals surface area (Å²) in [4.78, 5) is 38.2. The maximum Gasteiger partial charge on any atom is 0.306 e. The topological polar surface area (TPSA) is 78.9 Å². The summed E-state index contributed by atoms with van der Waals surface area (Å²) < 4.78 is 16.8. The minimum atomic E-state index is -0.813. The zero-order chi connectivity index (χ0) is 51.4. The molecule has 0 saturated heterocycles. The predicted octanol–water partition coefficient (Wildman–Crippen LogP) is 20.3. The molecule has 1 atom stereocenters. The van der Waals surface area contributed by atoms with Gasteiger partial charge in [-0.05, 0) is 89.9 Å². The van der Waals surface area contributed by atoms with Gasteiger partial charge in [-0.25, -0.2) is 0 Å². The summed E-state index contributed by atoms with van der Waals surface area (Å²) in [6.07, 6.45) is 77.3. The number of unbranched alkanes of at least 4 members (excludes halogenated alkanes) is 29. The maximum absolute atomic E-state index is 12.9. The number of allylic oxidation sites excluding steroid dienone is 14. The van der Waals surface area contributed by atoms with Gasteiger partial charge in [-0.2, -0.15) is 0 Å². The van der Waals surface area contributed by atoms with Crippen LogP contribution in [0.15, 0.2) is 85.1 Å². The SMILES string of the molecule is CCCCC/C=C\C/C=C\C/C=C\C/C=C\C/C=C\CCC(=O)OC[C@H](COC(=O)CCCCCCCCCCCCCCCCCCCCC)OC(=O)CCCCCCC/C=C\C/C=C\CCCCC. The highest BCUT2D eigenvalue weighted by atomic mass is 16.6. The van der Waals surface area contributed by atoms with E-state index in [0.29, 0.717) is 19.3 Å². The maximum atomic E-state index is 12.9. The van der Waals surface area contributed by atoms with E-state index in [1.165, 1.54) is 154 Å². The fourth-order valence-electron chi connectivity index (χ4n) is 8.34. The number of hydrogen-bond donors (Lipinski definition) is 0. The van der Waals surface area contributed by atoms with E-state index in [1.54, 1.807) is 0 Å². The second kappa shape index (κ2) is 59.2. The lowest BCUT2D eigenvalue weighted by Crippen LogP contribution is -2.30.